The summed E-state index contributed by atoms with van der Waals surface area (Å²) in [5, 5.41) is 10.3. The van der Waals surface area contributed by atoms with Crippen LogP contribution < -0.4 is 16.0 Å². The summed E-state index contributed by atoms with van der Waals surface area (Å²) in [7, 11) is 6.08. The molecule has 6 nitrogen and oxygen atoms in total. The van der Waals surface area contributed by atoms with Gasteiger partial charge in [-0.25, -0.2) is 0 Å². The van der Waals surface area contributed by atoms with Crippen molar-refractivity contribution in [2.45, 2.75) is 98.9 Å². The van der Waals surface area contributed by atoms with Crippen molar-refractivity contribution in [2.75, 3.05) is 37.1 Å². The van der Waals surface area contributed by atoms with Crippen molar-refractivity contribution in [3.05, 3.63) is 88.0 Å². The van der Waals surface area contributed by atoms with Crippen LogP contribution in [0.3, 0.4) is 0 Å². The number of rotatable bonds is 6. The lowest BCUT2D eigenvalue weighted by Crippen LogP contribution is -2.32. The Balaban J connectivity index is 1.84. The Morgan fingerprint density at radius 1 is 0.381 bits per heavy atom. The van der Waals surface area contributed by atoms with Crippen LogP contribution in [0.5, 0.6) is 0 Å². The maximum absolute atomic E-state index is 3.43. The van der Waals surface area contributed by atoms with E-state index in [1.54, 1.807) is 0 Å². The van der Waals surface area contributed by atoms with Gasteiger partial charge in [-0.3, -0.25) is 14.7 Å². The van der Waals surface area contributed by atoms with E-state index in [4.69, 9.17) is 0 Å². The molecule has 0 fully saturated rings. The zero-order chi connectivity index (χ0) is 30.4. The summed E-state index contributed by atoms with van der Waals surface area (Å²) in [6.45, 7) is 19.3. The molecule has 6 bridgehead atoms. The number of hydrogen-bond donors (Lipinski definition) is 3. The van der Waals surface area contributed by atoms with Crippen LogP contribution in [0.1, 0.15) is 74.9 Å². The highest BCUT2D eigenvalue weighted by Gasteiger charge is 2.19. The summed E-state index contributed by atoms with van der Waals surface area (Å²) in [4.78, 5) is 7.76. The average molecular weight is 571 g/mol. The Hall–Kier alpha value is -3.06. The predicted octanol–water partition coefficient (Wildman–Crippen LogP) is 7.36. The molecule has 6 heteroatoms. The first kappa shape index (κ1) is 31.9. The van der Waals surface area contributed by atoms with Crippen LogP contribution in [0.2, 0.25) is 0 Å². The van der Waals surface area contributed by atoms with Crippen LogP contribution in [-0.4, -0.2) is 54.0 Å². The zero-order valence-corrected chi connectivity index (χ0v) is 27.5. The monoisotopic (exact) mass is 570 g/mol. The Labute approximate surface area is 255 Å². The van der Waals surface area contributed by atoms with E-state index in [9.17, 15) is 0 Å². The van der Waals surface area contributed by atoms with E-state index >= 15 is 0 Å². The van der Waals surface area contributed by atoms with Crippen LogP contribution >= 0.6 is 0 Å². The van der Waals surface area contributed by atoms with E-state index in [-0.39, 0.29) is 0 Å². The van der Waals surface area contributed by atoms with Gasteiger partial charge in [0.1, 0.15) is 0 Å². The first-order chi connectivity index (χ1) is 20.1. The van der Waals surface area contributed by atoms with Crippen molar-refractivity contribution < 1.29 is 0 Å². The lowest BCUT2D eigenvalue weighted by molar-refractivity contribution is 0.197. The maximum atomic E-state index is 3.43. The van der Waals surface area contributed by atoms with E-state index in [1.165, 1.54) is 50.4 Å². The summed E-state index contributed by atoms with van der Waals surface area (Å²) in [6.07, 6.45) is 0. The highest BCUT2D eigenvalue weighted by Crippen LogP contribution is 2.26. The smallest absolute Gasteiger partial charge is 0.0344 e. The van der Waals surface area contributed by atoms with Gasteiger partial charge in [0.05, 0.1) is 0 Å². The van der Waals surface area contributed by atoms with E-state index in [0.29, 0.717) is 18.1 Å². The highest BCUT2D eigenvalue weighted by molar-refractivity contribution is 5.51. The minimum absolute atomic E-state index is 0.421. The normalized spacial score (nSPS) is 16.0. The van der Waals surface area contributed by atoms with Gasteiger partial charge < -0.3 is 16.0 Å². The molecule has 0 aliphatic carbocycles. The highest BCUT2D eigenvalue weighted by atomic mass is 15.2. The van der Waals surface area contributed by atoms with Gasteiger partial charge in [-0.1, -0.05) is 18.2 Å². The van der Waals surface area contributed by atoms with Crippen molar-refractivity contribution in [3.63, 3.8) is 0 Å². The Bertz CT molecular complexity index is 1080. The fourth-order valence-electron chi connectivity index (χ4n) is 5.94. The van der Waals surface area contributed by atoms with Crippen LogP contribution in [-0.2, 0) is 39.3 Å². The number of nitrogens with one attached hydrogen (secondary N) is 3. The van der Waals surface area contributed by atoms with Crippen LogP contribution in [0.15, 0.2) is 54.6 Å². The molecule has 3 N–H and O–H groups in total. The second-order valence-corrected chi connectivity index (χ2v) is 12.9. The number of fused-ring (bicyclic) bond motifs is 6. The number of hydrogen-bond acceptors (Lipinski definition) is 6. The van der Waals surface area contributed by atoms with Crippen molar-refractivity contribution in [3.8, 4) is 0 Å². The van der Waals surface area contributed by atoms with Gasteiger partial charge in [-0.15, -0.1) is 0 Å². The lowest BCUT2D eigenvalue weighted by Gasteiger charge is -2.31. The average Bonchev–Trinajstić information content (AvgIpc) is 2.95. The molecule has 1 heterocycles. The zero-order valence-electron chi connectivity index (χ0n) is 27.5. The third-order valence-corrected chi connectivity index (χ3v) is 8.53. The Kier molecular flexibility index (Phi) is 10.9. The third kappa shape index (κ3) is 8.50. The minimum Gasteiger partial charge on any atom is -0.388 e. The van der Waals surface area contributed by atoms with Crippen LogP contribution in [0, 0.1) is 0 Å². The first-order valence-corrected chi connectivity index (χ1v) is 15.7. The lowest BCUT2D eigenvalue weighted by atomic mass is 10.0. The molecule has 0 amide bonds. The molecule has 0 spiro atoms. The van der Waals surface area contributed by atoms with Crippen molar-refractivity contribution in [1.29, 1.82) is 0 Å². The maximum Gasteiger partial charge on any atom is 0.0344 e. The molecular formula is C36H54N6. The van der Waals surface area contributed by atoms with Gasteiger partial charge in [-0.05, 0) is 111 Å². The predicted molar refractivity (Wildman–Crippen MR) is 181 cm³/mol. The summed E-state index contributed by atoms with van der Waals surface area (Å²) in [5.41, 5.74) is 11.6. The van der Waals surface area contributed by atoms with Crippen LogP contribution in [0.25, 0.3) is 0 Å². The molecule has 0 atom stereocenters. The topological polar surface area (TPSA) is 45.8 Å². The molecule has 1 aliphatic rings. The van der Waals surface area contributed by atoms with Gasteiger partial charge in [-0.2, -0.15) is 0 Å². The summed E-state index contributed by atoms with van der Waals surface area (Å²) in [6, 6.07) is 22.4. The summed E-state index contributed by atoms with van der Waals surface area (Å²) in [5.74, 6) is 0. The Morgan fingerprint density at radius 3 is 0.714 bits per heavy atom. The molecule has 0 saturated carbocycles. The van der Waals surface area contributed by atoms with E-state index < -0.39 is 0 Å². The first-order valence-electron chi connectivity index (χ1n) is 15.7. The largest absolute Gasteiger partial charge is 0.388 e. The molecule has 1 aliphatic heterocycles. The molecule has 0 radical (unpaired) electrons. The molecule has 228 valence electrons. The second-order valence-electron chi connectivity index (χ2n) is 12.9. The van der Waals surface area contributed by atoms with Gasteiger partial charge in [0.2, 0.25) is 0 Å². The van der Waals surface area contributed by atoms with E-state index in [2.05, 4.69) is 127 Å². The summed E-state index contributed by atoms with van der Waals surface area (Å²) < 4.78 is 0. The number of benzene rings is 3. The molecule has 4 rings (SSSR count). The van der Waals surface area contributed by atoms with Gasteiger partial charge >= 0.3 is 0 Å². The van der Waals surface area contributed by atoms with E-state index in [0.717, 1.165) is 39.3 Å². The molecule has 42 heavy (non-hydrogen) atoms. The SMILES string of the molecule is CNc1cc2cc(c1)CN(C(C)C)Cc1cc(cc(NC)c1)CN(C(C)C)Cc1cc(cc(NC)c1)CN(C(C)C)C2. The molecule has 3 aromatic rings. The van der Waals surface area contributed by atoms with Gasteiger partial charge in [0, 0.05) is 95.6 Å². The Morgan fingerprint density at radius 2 is 0.571 bits per heavy atom. The van der Waals surface area contributed by atoms with Crippen molar-refractivity contribution in [2.24, 2.45) is 0 Å². The third-order valence-electron chi connectivity index (χ3n) is 8.53. The molecule has 0 aromatic heterocycles. The second kappa shape index (κ2) is 14.4. The van der Waals surface area contributed by atoms with Gasteiger partial charge in [0.25, 0.3) is 0 Å². The minimum atomic E-state index is 0.421. The quantitative estimate of drug-likeness (QED) is 0.288. The standard InChI is InChI=1S/C36H54N6/c1-25(2)40-19-28-10-30(15-34(13-28)37-7)21-41(26(3)4)23-32-12-33(18-36(17-32)39-9)24-42(27(5)6)22-31-11-29(20-40)14-35(16-31)38-8/h10-18,25-27,37-39H,19-24H2,1-9H3. The summed E-state index contributed by atoms with van der Waals surface area (Å²) >= 11 is 0. The molecule has 0 unspecified atom stereocenters. The number of nitrogens with zero attached hydrogens (tertiary/aromatic N) is 3. The van der Waals surface area contributed by atoms with Crippen LogP contribution in [0.4, 0.5) is 17.1 Å². The fourth-order valence-corrected chi connectivity index (χ4v) is 5.94. The van der Waals surface area contributed by atoms with Crippen molar-refractivity contribution in [1.82, 2.24) is 14.7 Å². The molecule has 3 aromatic carbocycles. The van der Waals surface area contributed by atoms with Gasteiger partial charge in [0.15, 0.2) is 0 Å². The van der Waals surface area contributed by atoms with E-state index in [1.807, 2.05) is 21.1 Å². The molecule has 0 saturated heterocycles. The number of anilines is 3. The fraction of sp³-hybridized carbons (Fsp3) is 0.500. The molecular weight excluding hydrogens is 516 g/mol. The van der Waals surface area contributed by atoms with Crippen molar-refractivity contribution >= 4 is 17.1 Å².